The molecular formula is C30H35F3N4O7. The van der Waals surface area contributed by atoms with Crippen LogP contribution in [0.5, 0.6) is 0 Å². The van der Waals surface area contributed by atoms with Crippen LogP contribution in [-0.2, 0) is 29.0 Å². The van der Waals surface area contributed by atoms with Gasteiger partial charge in [-0.1, -0.05) is 73.9 Å². The third-order valence-electron chi connectivity index (χ3n) is 6.82. The Balaban J connectivity index is 1.49. The highest BCUT2D eigenvalue weighted by Gasteiger charge is 2.43. The zero-order chi connectivity index (χ0) is 32.0. The van der Waals surface area contributed by atoms with Crippen LogP contribution in [0.3, 0.4) is 0 Å². The van der Waals surface area contributed by atoms with E-state index in [-0.39, 0.29) is 25.0 Å². The van der Waals surface area contributed by atoms with Crippen LogP contribution in [0, 0.1) is 0 Å². The van der Waals surface area contributed by atoms with Crippen LogP contribution >= 0.6 is 0 Å². The lowest BCUT2D eigenvalue weighted by Crippen LogP contribution is -2.43. The van der Waals surface area contributed by atoms with Gasteiger partial charge in [-0.3, -0.25) is 9.59 Å². The molecular weight excluding hydrogens is 585 g/mol. The number of urea groups is 1. The zero-order valence-electron chi connectivity index (χ0n) is 23.9. The first-order valence-electron chi connectivity index (χ1n) is 14.3. The van der Waals surface area contributed by atoms with Gasteiger partial charge in [-0.05, 0) is 36.0 Å². The number of carbonyl (C=O) groups is 5. The lowest BCUT2D eigenvalue weighted by molar-refractivity contribution is -0.286. The Bertz CT molecular complexity index is 1270. The molecule has 1 aliphatic rings. The largest absolute Gasteiger partial charge is 0.495 e. The number of hydrogen-bond acceptors (Lipinski definition) is 7. The van der Waals surface area contributed by atoms with Crippen molar-refractivity contribution in [3.05, 3.63) is 60.2 Å². The summed E-state index contributed by atoms with van der Waals surface area (Å²) < 4.78 is 37.1. The minimum Gasteiger partial charge on any atom is -0.347 e. The van der Waals surface area contributed by atoms with Gasteiger partial charge in [0.15, 0.2) is 0 Å². The highest BCUT2D eigenvalue weighted by Crippen LogP contribution is 2.24. The topological polar surface area (TPSA) is 152 Å². The van der Waals surface area contributed by atoms with Gasteiger partial charge in [0.2, 0.25) is 11.8 Å². The Hall–Kier alpha value is -4.62. The molecule has 3 rings (SSSR count). The number of nitrogens with one attached hydrogen (secondary N) is 4. The molecule has 0 bridgehead atoms. The molecule has 0 aromatic heterocycles. The smallest absolute Gasteiger partial charge is 0.347 e. The molecule has 0 saturated heterocycles. The SMILES string of the molecule is O=C(CCCNC(=O)NC1CCCCC1)NCC(=O)NC(CC(=O)OOC(=O)C(F)(F)F)c1ccc(-c2ccccc2)cc1. The van der Waals surface area contributed by atoms with E-state index in [4.69, 9.17) is 0 Å². The molecule has 44 heavy (non-hydrogen) atoms. The van der Waals surface area contributed by atoms with Crippen LogP contribution < -0.4 is 21.3 Å². The Morgan fingerprint density at radius 2 is 1.48 bits per heavy atom. The predicted molar refractivity (Wildman–Crippen MR) is 151 cm³/mol. The van der Waals surface area contributed by atoms with Gasteiger partial charge in [0.25, 0.3) is 0 Å². The molecule has 2 aromatic carbocycles. The molecule has 0 heterocycles. The number of rotatable bonds is 12. The zero-order valence-corrected chi connectivity index (χ0v) is 23.9. The van der Waals surface area contributed by atoms with E-state index in [1.807, 2.05) is 30.3 Å². The van der Waals surface area contributed by atoms with Gasteiger partial charge in [-0.15, -0.1) is 0 Å². The van der Waals surface area contributed by atoms with Crippen molar-refractivity contribution in [1.82, 2.24) is 21.3 Å². The van der Waals surface area contributed by atoms with Crippen LogP contribution in [0.1, 0.15) is 63.0 Å². The van der Waals surface area contributed by atoms with E-state index in [0.29, 0.717) is 12.0 Å². The molecule has 1 fully saturated rings. The van der Waals surface area contributed by atoms with Crippen molar-refractivity contribution in [3.63, 3.8) is 0 Å². The quantitative estimate of drug-likeness (QED) is 0.159. The minimum atomic E-state index is -5.36. The first-order chi connectivity index (χ1) is 21.0. The molecule has 0 radical (unpaired) electrons. The minimum absolute atomic E-state index is 0.0399. The van der Waals surface area contributed by atoms with E-state index in [1.54, 1.807) is 24.3 Å². The molecule has 238 valence electrons. The fourth-order valence-corrected chi connectivity index (χ4v) is 4.57. The number of hydrogen-bond donors (Lipinski definition) is 4. The molecule has 4 amide bonds. The molecule has 0 spiro atoms. The lowest BCUT2D eigenvalue weighted by atomic mass is 9.96. The van der Waals surface area contributed by atoms with Gasteiger partial charge >= 0.3 is 24.1 Å². The average Bonchev–Trinajstić information content (AvgIpc) is 3.01. The summed E-state index contributed by atoms with van der Waals surface area (Å²) in [6.45, 7) is -0.189. The number of carbonyl (C=O) groups excluding carboxylic acids is 5. The van der Waals surface area contributed by atoms with Crippen LogP contribution in [0.15, 0.2) is 54.6 Å². The van der Waals surface area contributed by atoms with E-state index < -0.39 is 48.9 Å². The summed E-state index contributed by atoms with van der Waals surface area (Å²) >= 11 is 0. The van der Waals surface area contributed by atoms with Crippen molar-refractivity contribution in [1.29, 1.82) is 0 Å². The third kappa shape index (κ3) is 11.9. The van der Waals surface area contributed by atoms with Gasteiger partial charge in [0.1, 0.15) is 0 Å². The Morgan fingerprint density at radius 3 is 2.14 bits per heavy atom. The summed E-state index contributed by atoms with van der Waals surface area (Å²) in [5, 5.41) is 10.6. The Labute approximate surface area is 252 Å². The number of alkyl halides is 3. The fourth-order valence-electron chi connectivity index (χ4n) is 4.57. The maximum atomic E-state index is 12.6. The highest BCUT2D eigenvalue weighted by molar-refractivity contribution is 5.85. The second kappa shape index (κ2) is 16.9. The van der Waals surface area contributed by atoms with E-state index >= 15 is 0 Å². The number of benzene rings is 2. The molecule has 4 N–H and O–H groups in total. The molecule has 14 heteroatoms. The third-order valence-corrected chi connectivity index (χ3v) is 6.82. The van der Waals surface area contributed by atoms with E-state index in [9.17, 15) is 37.1 Å². The second-order valence-corrected chi connectivity index (χ2v) is 10.3. The molecule has 1 atom stereocenters. The Kier molecular flexibility index (Phi) is 13.0. The number of halogens is 3. The van der Waals surface area contributed by atoms with Gasteiger partial charge in [-0.2, -0.15) is 13.2 Å². The van der Waals surface area contributed by atoms with Crippen LogP contribution in [0.4, 0.5) is 18.0 Å². The van der Waals surface area contributed by atoms with Crippen molar-refractivity contribution < 1.29 is 46.9 Å². The summed E-state index contributed by atoms with van der Waals surface area (Å²) in [5.41, 5.74) is 2.14. The van der Waals surface area contributed by atoms with Crippen molar-refractivity contribution in [2.75, 3.05) is 13.1 Å². The summed E-state index contributed by atoms with van der Waals surface area (Å²) in [4.78, 5) is 67.4. The van der Waals surface area contributed by atoms with Crippen molar-refractivity contribution in [3.8, 4) is 11.1 Å². The van der Waals surface area contributed by atoms with E-state index in [2.05, 4.69) is 31.0 Å². The van der Waals surface area contributed by atoms with Crippen LogP contribution in [-0.4, -0.2) is 55.1 Å². The average molecular weight is 621 g/mol. The first-order valence-corrected chi connectivity index (χ1v) is 14.3. The summed E-state index contributed by atoms with van der Waals surface area (Å²) in [6.07, 6.45) is -0.425. The maximum absolute atomic E-state index is 12.6. The standard InChI is InChI=1S/C30H35F3N4O7/c31-30(32,33)28(41)44-43-27(40)18-24(22-15-13-21(14-16-22)20-8-3-1-4-9-20)37-26(39)19-35-25(38)12-7-17-34-29(42)36-23-10-5-2-6-11-23/h1,3-4,8-9,13-16,23-24H,2,5-7,10-12,17-19H2,(H,35,38)(H,37,39)(H2,34,36,42). The van der Waals surface area contributed by atoms with Crippen LogP contribution in [0.25, 0.3) is 11.1 Å². The van der Waals surface area contributed by atoms with E-state index in [1.165, 1.54) is 6.42 Å². The summed E-state index contributed by atoms with van der Waals surface area (Å²) in [5.74, 6) is -5.19. The summed E-state index contributed by atoms with van der Waals surface area (Å²) in [7, 11) is 0. The second-order valence-electron chi connectivity index (χ2n) is 10.3. The van der Waals surface area contributed by atoms with Crippen molar-refractivity contribution in [2.24, 2.45) is 0 Å². The van der Waals surface area contributed by atoms with E-state index in [0.717, 1.165) is 36.8 Å². The van der Waals surface area contributed by atoms with Crippen molar-refractivity contribution in [2.45, 2.75) is 69.6 Å². The Morgan fingerprint density at radius 1 is 0.818 bits per heavy atom. The molecule has 0 aliphatic heterocycles. The molecule has 1 aliphatic carbocycles. The normalized spacial score (nSPS) is 14.1. The molecule has 1 saturated carbocycles. The van der Waals surface area contributed by atoms with Gasteiger partial charge in [0, 0.05) is 19.0 Å². The first kappa shape index (κ1) is 33.9. The molecule has 1 unspecified atom stereocenters. The van der Waals surface area contributed by atoms with Crippen molar-refractivity contribution >= 4 is 29.8 Å². The molecule has 2 aromatic rings. The monoisotopic (exact) mass is 620 g/mol. The lowest BCUT2D eigenvalue weighted by Gasteiger charge is -2.22. The van der Waals surface area contributed by atoms with Crippen LogP contribution in [0.2, 0.25) is 0 Å². The predicted octanol–water partition coefficient (Wildman–Crippen LogP) is 3.99. The van der Waals surface area contributed by atoms with Gasteiger partial charge < -0.3 is 21.3 Å². The molecule has 11 nitrogen and oxygen atoms in total. The number of amides is 4. The maximum Gasteiger partial charge on any atom is 0.495 e. The highest BCUT2D eigenvalue weighted by atomic mass is 19.4. The fraction of sp³-hybridized carbons (Fsp3) is 0.433. The summed E-state index contributed by atoms with van der Waals surface area (Å²) in [6, 6.07) is 14.8. The van der Waals surface area contributed by atoms with Gasteiger partial charge in [-0.25, -0.2) is 24.2 Å². The van der Waals surface area contributed by atoms with Gasteiger partial charge in [0.05, 0.1) is 19.0 Å².